The molecule has 15 heavy (non-hydrogen) atoms. The quantitative estimate of drug-likeness (QED) is 0.696. The Morgan fingerprint density at radius 3 is 2.67 bits per heavy atom. The Morgan fingerprint density at radius 1 is 1.13 bits per heavy atom. The van der Waals surface area contributed by atoms with Crippen molar-refractivity contribution in [2.45, 2.75) is 51.6 Å². The fraction of sp³-hybridized carbons (Fsp3) is 1.00. The van der Waals surface area contributed by atoms with Gasteiger partial charge in [0.05, 0.1) is 0 Å². The number of ether oxygens (including phenoxy) is 1. The average molecular weight is 214 g/mol. The molecule has 0 aromatic heterocycles. The van der Waals surface area contributed by atoms with Crippen LogP contribution in [0.1, 0.15) is 40.0 Å². The predicted molar refractivity (Wildman–Crippen MR) is 64.2 cm³/mol. The molecule has 0 spiro atoms. The molecule has 1 heterocycles. The molecule has 90 valence electrons. The van der Waals surface area contributed by atoms with Gasteiger partial charge in [-0.2, -0.15) is 0 Å². The van der Waals surface area contributed by atoms with Crippen LogP contribution in [0.25, 0.3) is 0 Å². The summed E-state index contributed by atoms with van der Waals surface area (Å²) in [4.78, 5) is 0. The molecule has 0 aliphatic carbocycles. The monoisotopic (exact) mass is 214 g/mol. The van der Waals surface area contributed by atoms with Crippen molar-refractivity contribution < 1.29 is 4.74 Å². The highest BCUT2D eigenvalue weighted by atomic mass is 16.5. The van der Waals surface area contributed by atoms with E-state index in [0.717, 1.165) is 32.7 Å². The zero-order chi connectivity index (χ0) is 11.1. The zero-order valence-electron chi connectivity index (χ0n) is 10.4. The van der Waals surface area contributed by atoms with Gasteiger partial charge in [0.2, 0.25) is 0 Å². The van der Waals surface area contributed by atoms with Crippen LogP contribution in [0.2, 0.25) is 0 Å². The zero-order valence-corrected chi connectivity index (χ0v) is 10.4. The second-order valence-corrected chi connectivity index (χ2v) is 5.37. The van der Waals surface area contributed by atoms with Crippen molar-refractivity contribution in [1.82, 2.24) is 10.6 Å². The molecule has 1 aliphatic heterocycles. The van der Waals surface area contributed by atoms with Gasteiger partial charge in [-0.15, -0.1) is 0 Å². The number of nitrogens with one attached hydrogen (secondary N) is 2. The van der Waals surface area contributed by atoms with Gasteiger partial charge in [0.15, 0.2) is 0 Å². The van der Waals surface area contributed by atoms with E-state index in [2.05, 4.69) is 31.4 Å². The van der Waals surface area contributed by atoms with Gasteiger partial charge in [0, 0.05) is 37.9 Å². The molecular weight excluding hydrogens is 188 g/mol. The number of hydrogen-bond acceptors (Lipinski definition) is 3. The highest BCUT2D eigenvalue weighted by molar-refractivity contribution is 4.73. The summed E-state index contributed by atoms with van der Waals surface area (Å²) in [5.41, 5.74) is 0.230. The Morgan fingerprint density at radius 2 is 1.93 bits per heavy atom. The normalized spacial score (nSPS) is 23.8. The van der Waals surface area contributed by atoms with Crippen molar-refractivity contribution in [2.24, 2.45) is 0 Å². The predicted octanol–water partition coefficient (Wildman–Crippen LogP) is 1.53. The van der Waals surface area contributed by atoms with E-state index in [4.69, 9.17) is 4.74 Å². The van der Waals surface area contributed by atoms with Gasteiger partial charge < -0.3 is 15.4 Å². The first-order valence-corrected chi connectivity index (χ1v) is 6.14. The van der Waals surface area contributed by atoms with Crippen LogP contribution < -0.4 is 10.6 Å². The molecule has 0 radical (unpaired) electrons. The molecule has 1 rings (SSSR count). The van der Waals surface area contributed by atoms with E-state index >= 15 is 0 Å². The smallest absolute Gasteiger partial charge is 0.0480 e. The Bertz CT molecular complexity index is 157. The van der Waals surface area contributed by atoms with E-state index in [1.54, 1.807) is 0 Å². The maximum Gasteiger partial charge on any atom is 0.0480 e. The molecular formula is C12H26N2O. The average Bonchev–Trinajstić information content (AvgIpc) is 2.39. The van der Waals surface area contributed by atoms with Crippen molar-refractivity contribution in [3.8, 4) is 0 Å². The van der Waals surface area contributed by atoms with Crippen LogP contribution >= 0.6 is 0 Å². The van der Waals surface area contributed by atoms with Crippen molar-refractivity contribution in [3.63, 3.8) is 0 Å². The lowest BCUT2D eigenvalue weighted by Crippen LogP contribution is -2.42. The minimum Gasteiger partial charge on any atom is -0.381 e. The summed E-state index contributed by atoms with van der Waals surface area (Å²) >= 11 is 0. The van der Waals surface area contributed by atoms with Gasteiger partial charge in [-0.1, -0.05) is 0 Å². The van der Waals surface area contributed by atoms with Crippen molar-refractivity contribution in [1.29, 1.82) is 0 Å². The summed E-state index contributed by atoms with van der Waals surface area (Å²) in [6.45, 7) is 10.6. The van der Waals surface area contributed by atoms with Crippen molar-refractivity contribution in [3.05, 3.63) is 0 Å². The molecule has 1 aliphatic rings. The second kappa shape index (κ2) is 6.46. The molecule has 0 aromatic carbocycles. The van der Waals surface area contributed by atoms with Crippen LogP contribution in [0.3, 0.4) is 0 Å². The van der Waals surface area contributed by atoms with Crippen LogP contribution in [0.4, 0.5) is 0 Å². The molecule has 3 heteroatoms. The molecule has 0 bridgehead atoms. The molecule has 1 atom stereocenters. The lowest BCUT2D eigenvalue weighted by Gasteiger charge is -2.22. The number of hydrogen-bond donors (Lipinski definition) is 2. The SMILES string of the molecule is CC(C)(C)NCCNC1CCCOCC1. The Balaban J connectivity index is 2.03. The molecule has 0 amide bonds. The molecule has 0 aromatic rings. The largest absolute Gasteiger partial charge is 0.381 e. The Hall–Kier alpha value is -0.120. The summed E-state index contributed by atoms with van der Waals surface area (Å²) in [7, 11) is 0. The highest BCUT2D eigenvalue weighted by Crippen LogP contribution is 2.07. The molecule has 2 N–H and O–H groups in total. The van der Waals surface area contributed by atoms with Gasteiger partial charge in [0.1, 0.15) is 0 Å². The van der Waals surface area contributed by atoms with E-state index in [9.17, 15) is 0 Å². The standard InChI is InChI=1S/C12H26N2O/c1-12(2,3)14-8-7-13-11-5-4-9-15-10-6-11/h11,13-14H,4-10H2,1-3H3. The lowest BCUT2D eigenvalue weighted by atomic mass is 10.1. The highest BCUT2D eigenvalue weighted by Gasteiger charge is 2.12. The molecule has 3 nitrogen and oxygen atoms in total. The summed E-state index contributed by atoms with van der Waals surface area (Å²) in [5.74, 6) is 0. The molecule has 1 saturated heterocycles. The van der Waals surface area contributed by atoms with Crippen LogP contribution in [-0.2, 0) is 4.74 Å². The van der Waals surface area contributed by atoms with E-state index in [-0.39, 0.29) is 5.54 Å². The van der Waals surface area contributed by atoms with Crippen LogP contribution in [0, 0.1) is 0 Å². The van der Waals surface area contributed by atoms with Crippen molar-refractivity contribution in [2.75, 3.05) is 26.3 Å². The first kappa shape index (κ1) is 12.9. The summed E-state index contributed by atoms with van der Waals surface area (Å²) < 4.78 is 5.43. The first-order valence-electron chi connectivity index (χ1n) is 6.14. The van der Waals surface area contributed by atoms with Crippen LogP contribution in [0.5, 0.6) is 0 Å². The second-order valence-electron chi connectivity index (χ2n) is 5.37. The van der Waals surface area contributed by atoms with Crippen molar-refractivity contribution >= 4 is 0 Å². The third-order valence-corrected chi connectivity index (χ3v) is 2.67. The van der Waals surface area contributed by atoms with Gasteiger partial charge in [0.25, 0.3) is 0 Å². The first-order chi connectivity index (χ1) is 7.08. The minimum atomic E-state index is 0.230. The van der Waals surface area contributed by atoms with Crippen LogP contribution in [0.15, 0.2) is 0 Å². The Kier molecular flexibility index (Phi) is 5.58. The topological polar surface area (TPSA) is 33.3 Å². The molecule has 1 unspecified atom stereocenters. The van der Waals surface area contributed by atoms with E-state index in [1.807, 2.05) is 0 Å². The fourth-order valence-electron chi connectivity index (χ4n) is 1.82. The fourth-order valence-corrected chi connectivity index (χ4v) is 1.82. The summed E-state index contributed by atoms with van der Waals surface area (Å²) in [5, 5.41) is 7.07. The van der Waals surface area contributed by atoms with E-state index in [1.165, 1.54) is 12.8 Å². The third kappa shape index (κ3) is 6.88. The lowest BCUT2D eigenvalue weighted by molar-refractivity contribution is 0.142. The molecule has 0 saturated carbocycles. The van der Waals surface area contributed by atoms with Gasteiger partial charge >= 0.3 is 0 Å². The van der Waals surface area contributed by atoms with Gasteiger partial charge in [-0.25, -0.2) is 0 Å². The maximum absolute atomic E-state index is 5.43. The number of rotatable bonds is 4. The van der Waals surface area contributed by atoms with E-state index < -0.39 is 0 Å². The molecule has 1 fully saturated rings. The Labute approximate surface area is 94.0 Å². The van der Waals surface area contributed by atoms with Crippen LogP contribution in [-0.4, -0.2) is 37.9 Å². The van der Waals surface area contributed by atoms with Gasteiger partial charge in [-0.05, 0) is 40.0 Å². The third-order valence-electron chi connectivity index (χ3n) is 2.67. The summed E-state index contributed by atoms with van der Waals surface area (Å²) in [6.07, 6.45) is 3.62. The maximum atomic E-state index is 5.43. The van der Waals surface area contributed by atoms with Gasteiger partial charge in [-0.3, -0.25) is 0 Å². The van der Waals surface area contributed by atoms with E-state index in [0.29, 0.717) is 6.04 Å². The summed E-state index contributed by atoms with van der Waals surface area (Å²) in [6, 6.07) is 0.661. The minimum absolute atomic E-state index is 0.230.